The van der Waals surface area contributed by atoms with Crippen LogP contribution >= 0.6 is 11.6 Å². The lowest BCUT2D eigenvalue weighted by Gasteiger charge is -2.21. The van der Waals surface area contributed by atoms with Gasteiger partial charge in [0.1, 0.15) is 6.04 Å². The molecule has 0 heterocycles. The second-order valence-corrected chi connectivity index (χ2v) is 7.11. The van der Waals surface area contributed by atoms with Crippen molar-refractivity contribution >= 4 is 40.5 Å². The van der Waals surface area contributed by atoms with Crippen molar-refractivity contribution in [3.05, 3.63) is 88.9 Å². The van der Waals surface area contributed by atoms with Crippen molar-refractivity contribution in [2.75, 3.05) is 16.0 Å². The lowest BCUT2D eigenvalue weighted by molar-refractivity contribution is -0.117. The standard InChI is InChI=1S/C23H22ClN3O2/c1-15-11-12-20(14-21(15)24)27-23(29)22(17-7-4-3-5-8-17)26-19-10-6-9-18(13-19)25-16(2)28/h3-14,22,26H,1-2H3,(H,25,28)(H,27,29)/t22-/m1/s1. The Labute approximate surface area is 175 Å². The summed E-state index contributed by atoms with van der Waals surface area (Å²) in [6, 6.07) is 21.4. The van der Waals surface area contributed by atoms with Crippen molar-refractivity contribution in [2.45, 2.75) is 19.9 Å². The van der Waals surface area contributed by atoms with Gasteiger partial charge in [-0.05, 0) is 48.4 Å². The molecule has 0 unspecified atom stereocenters. The van der Waals surface area contributed by atoms with Crippen molar-refractivity contribution in [1.29, 1.82) is 0 Å². The number of halogens is 1. The van der Waals surface area contributed by atoms with E-state index in [0.29, 0.717) is 22.1 Å². The van der Waals surface area contributed by atoms with Crippen LogP contribution in [0.5, 0.6) is 0 Å². The lowest BCUT2D eigenvalue weighted by atomic mass is 10.1. The third-order valence-electron chi connectivity index (χ3n) is 4.33. The minimum atomic E-state index is -0.635. The molecule has 3 aromatic rings. The Morgan fingerprint density at radius 3 is 2.21 bits per heavy atom. The predicted molar refractivity (Wildman–Crippen MR) is 118 cm³/mol. The summed E-state index contributed by atoms with van der Waals surface area (Å²) in [5.74, 6) is -0.378. The van der Waals surface area contributed by atoms with Crippen molar-refractivity contribution in [1.82, 2.24) is 0 Å². The summed E-state index contributed by atoms with van der Waals surface area (Å²) in [6.45, 7) is 3.36. The first-order valence-electron chi connectivity index (χ1n) is 9.18. The van der Waals surface area contributed by atoms with Gasteiger partial charge >= 0.3 is 0 Å². The topological polar surface area (TPSA) is 70.2 Å². The van der Waals surface area contributed by atoms with E-state index in [4.69, 9.17) is 11.6 Å². The largest absolute Gasteiger partial charge is 0.370 e. The van der Waals surface area contributed by atoms with Gasteiger partial charge in [-0.1, -0.05) is 54.1 Å². The first kappa shape index (κ1) is 20.4. The number of hydrogen-bond donors (Lipinski definition) is 3. The molecule has 1 atom stereocenters. The highest BCUT2D eigenvalue weighted by Gasteiger charge is 2.21. The molecule has 0 radical (unpaired) electrons. The summed E-state index contributed by atoms with van der Waals surface area (Å²) in [5, 5.41) is 9.52. The second-order valence-electron chi connectivity index (χ2n) is 6.70. The molecule has 0 aromatic heterocycles. The smallest absolute Gasteiger partial charge is 0.251 e. The van der Waals surface area contributed by atoms with Crippen molar-refractivity contribution in [2.24, 2.45) is 0 Å². The maximum absolute atomic E-state index is 13.1. The molecule has 3 rings (SSSR count). The molecule has 0 spiro atoms. The Balaban J connectivity index is 1.86. The minimum absolute atomic E-state index is 0.157. The molecule has 0 aliphatic heterocycles. The van der Waals surface area contributed by atoms with Gasteiger partial charge in [0.15, 0.2) is 0 Å². The summed E-state index contributed by atoms with van der Waals surface area (Å²) in [6.07, 6.45) is 0. The fourth-order valence-electron chi connectivity index (χ4n) is 2.89. The van der Waals surface area contributed by atoms with E-state index in [9.17, 15) is 9.59 Å². The number of amides is 2. The lowest BCUT2D eigenvalue weighted by Crippen LogP contribution is -2.27. The zero-order valence-corrected chi connectivity index (χ0v) is 17.0. The van der Waals surface area contributed by atoms with Gasteiger partial charge in [-0.3, -0.25) is 9.59 Å². The number of benzene rings is 3. The number of aryl methyl sites for hydroxylation is 1. The zero-order valence-electron chi connectivity index (χ0n) is 16.2. The summed E-state index contributed by atoms with van der Waals surface area (Å²) >= 11 is 6.18. The van der Waals surface area contributed by atoms with Gasteiger partial charge in [0.25, 0.3) is 5.91 Å². The van der Waals surface area contributed by atoms with E-state index in [1.54, 1.807) is 18.2 Å². The molecule has 148 valence electrons. The molecule has 29 heavy (non-hydrogen) atoms. The molecular weight excluding hydrogens is 386 g/mol. The molecule has 6 heteroatoms. The molecule has 2 amide bonds. The quantitative estimate of drug-likeness (QED) is 0.512. The summed E-state index contributed by atoms with van der Waals surface area (Å²) in [7, 11) is 0. The van der Waals surface area contributed by atoms with E-state index in [-0.39, 0.29) is 11.8 Å². The van der Waals surface area contributed by atoms with E-state index < -0.39 is 6.04 Å². The first-order valence-corrected chi connectivity index (χ1v) is 9.56. The minimum Gasteiger partial charge on any atom is -0.370 e. The number of carbonyl (C=O) groups excluding carboxylic acids is 2. The molecule has 3 aromatic carbocycles. The van der Waals surface area contributed by atoms with Crippen molar-refractivity contribution in [3.8, 4) is 0 Å². The van der Waals surface area contributed by atoms with Crippen LogP contribution < -0.4 is 16.0 Å². The van der Waals surface area contributed by atoms with Crippen LogP contribution in [0.25, 0.3) is 0 Å². The van der Waals surface area contributed by atoms with Crippen LogP contribution in [0, 0.1) is 6.92 Å². The van der Waals surface area contributed by atoms with Gasteiger partial charge < -0.3 is 16.0 Å². The Morgan fingerprint density at radius 2 is 1.52 bits per heavy atom. The van der Waals surface area contributed by atoms with Gasteiger partial charge in [0.05, 0.1) is 0 Å². The van der Waals surface area contributed by atoms with Crippen LogP contribution in [0.3, 0.4) is 0 Å². The van der Waals surface area contributed by atoms with Crippen LogP contribution in [0.1, 0.15) is 24.1 Å². The van der Waals surface area contributed by atoms with E-state index in [1.807, 2.05) is 61.5 Å². The SMILES string of the molecule is CC(=O)Nc1cccc(N[C@@H](C(=O)Nc2ccc(C)c(Cl)c2)c2ccccc2)c1. The molecule has 0 fully saturated rings. The third kappa shape index (κ3) is 5.59. The zero-order chi connectivity index (χ0) is 20.8. The van der Waals surface area contributed by atoms with Crippen LogP contribution in [-0.4, -0.2) is 11.8 Å². The van der Waals surface area contributed by atoms with Crippen LogP contribution in [0.15, 0.2) is 72.8 Å². The van der Waals surface area contributed by atoms with E-state index in [0.717, 1.165) is 11.1 Å². The fourth-order valence-corrected chi connectivity index (χ4v) is 3.07. The highest BCUT2D eigenvalue weighted by atomic mass is 35.5. The monoisotopic (exact) mass is 407 g/mol. The van der Waals surface area contributed by atoms with E-state index in [2.05, 4.69) is 16.0 Å². The fraction of sp³-hybridized carbons (Fsp3) is 0.130. The van der Waals surface area contributed by atoms with Gasteiger partial charge in [-0.15, -0.1) is 0 Å². The second kappa shape index (κ2) is 9.26. The van der Waals surface area contributed by atoms with Crippen LogP contribution in [-0.2, 0) is 9.59 Å². The number of rotatable bonds is 6. The number of hydrogen-bond acceptors (Lipinski definition) is 3. The summed E-state index contributed by atoms with van der Waals surface area (Å²) < 4.78 is 0. The average Bonchev–Trinajstić information content (AvgIpc) is 2.69. The Kier molecular flexibility index (Phi) is 6.52. The highest BCUT2D eigenvalue weighted by molar-refractivity contribution is 6.31. The van der Waals surface area contributed by atoms with Crippen LogP contribution in [0.2, 0.25) is 5.02 Å². The van der Waals surface area contributed by atoms with Gasteiger partial charge in [0, 0.05) is 29.0 Å². The third-order valence-corrected chi connectivity index (χ3v) is 4.74. The summed E-state index contributed by atoms with van der Waals surface area (Å²) in [5.41, 5.74) is 3.74. The van der Waals surface area contributed by atoms with E-state index in [1.165, 1.54) is 6.92 Å². The summed E-state index contributed by atoms with van der Waals surface area (Å²) in [4.78, 5) is 24.4. The molecule has 0 aliphatic rings. The number of carbonyl (C=O) groups is 2. The average molecular weight is 408 g/mol. The molecule has 0 bridgehead atoms. The molecule has 5 nitrogen and oxygen atoms in total. The molecule has 3 N–H and O–H groups in total. The van der Waals surface area contributed by atoms with E-state index >= 15 is 0 Å². The normalized spacial score (nSPS) is 11.4. The van der Waals surface area contributed by atoms with Gasteiger partial charge in [0.2, 0.25) is 5.91 Å². The van der Waals surface area contributed by atoms with Crippen LogP contribution in [0.4, 0.5) is 17.1 Å². The molecule has 0 saturated heterocycles. The maximum Gasteiger partial charge on any atom is 0.251 e. The Hall–Kier alpha value is -3.31. The van der Waals surface area contributed by atoms with Crippen molar-refractivity contribution < 1.29 is 9.59 Å². The maximum atomic E-state index is 13.1. The Morgan fingerprint density at radius 1 is 0.828 bits per heavy atom. The first-order chi connectivity index (χ1) is 13.9. The molecule has 0 saturated carbocycles. The number of anilines is 3. The van der Waals surface area contributed by atoms with Gasteiger partial charge in [-0.25, -0.2) is 0 Å². The Bertz CT molecular complexity index is 1020. The van der Waals surface area contributed by atoms with Gasteiger partial charge in [-0.2, -0.15) is 0 Å². The van der Waals surface area contributed by atoms with Crippen molar-refractivity contribution in [3.63, 3.8) is 0 Å². The number of nitrogens with one attached hydrogen (secondary N) is 3. The molecular formula is C23H22ClN3O2. The predicted octanol–water partition coefficient (Wildman–Crippen LogP) is 5.40. The highest BCUT2D eigenvalue weighted by Crippen LogP contribution is 2.25. The molecule has 0 aliphatic carbocycles.